The summed E-state index contributed by atoms with van der Waals surface area (Å²) in [6.07, 6.45) is 0.916. The molecule has 0 N–H and O–H groups in total. The molecule has 15 heavy (non-hydrogen) atoms. The van der Waals surface area contributed by atoms with Crippen molar-refractivity contribution in [1.29, 1.82) is 0 Å². The zero-order chi connectivity index (χ0) is 11.2. The average molecular weight is 224 g/mol. The van der Waals surface area contributed by atoms with Crippen LogP contribution in [0, 0.1) is 20.8 Å². The van der Waals surface area contributed by atoms with Crippen molar-refractivity contribution in [3.8, 4) is 0 Å². The summed E-state index contributed by atoms with van der Waals surface area (Å²) < 4.78 is 1.86. The highest BCUT2D eigenvalue weighted by atomic mass is 35.5. The highest BCUT2D eigenvalue weighted by Crippen LogP contribution is 2.22. The van der Waals surface area contributed by atoms with Crippen LogP contribution in [0.4, 0.5) is 0 Å². The Labute approximate surface area is 94.1 Å². The molecule has 0 aliphatic rings. The molecule has 2 aromatic rings. The molecule has 0 aliphatic heterocycles. The number of hydrogen-bond acceptors (Lipinski definition) is 2. The first-order valence-corrected chi connectivity index (χ1v) is 5.45. The van der Waals surface area contributed by atoms with E-state index in [-0.39, 0.29) is 0 Å². The van der Waals surface area contributed by atoms with Crippen LogP contribution >= 0.6 is 11.6 Å². The predicted octanol–water partition coefficient (Wildman–Crippen LogP) is 2.87. The van der Waals surface area contributed by atoms with Gasteiger partial charge in [0, 0.05) is 0 Å². The van der Waals surface area contributed by atoms with Crippen LogP contribution in [0.25, 0.3) is 5.65 Å². The van der Waals surface area contributed by atoms with Crippen LogP contribution < -0.4 is 0 Å². The van der Waals surface area contributed by atoms with Crippen molar-refractivity contribution in [1.82, 2.24) is 14.6 Å². The van der Waals surface area contributed by atoms with Gasteiger partial charge in [0.15, 0.2) is 10.8 Å². The molecular formula is C11H14ClN3. The third kappa shape index (κ3) is 1.42. The topological polar surface area (TPSA) is 30.2 Å². The molecule has 0 amide bonds. The van der Waals surface area contributed by atoms with Crippen molar-refractivity contribution in [3.05, 3.63) is 27.7 Å². The number of fused-ring (bicyclic) bond motifs is 1. The summed E-state index contributed by atoms with van der Waals surface area (Å²) in [6, 6.07) is 0. The highest BCUT2D eigenvalue weighted by molar-refractivity contribution is 6.30. The molecule has 0 atom stereocenters. The van der Waals surface area contributed by atoms with Gasteiger partial charge in [-0.3, -0.25) is 0 Å². The molecule has 0 aromatic carbocycles. The summed E-state index contributed by atoms with van der Waals surface area (Å²) in [6.45, 7) is 8.11. The number of nitrogens with zero attached hydrogens (tertiary/aromatic N) is 3. The second-order valence-corrected chi connectivity index (χ2v) is 4.13. The minimum atomic E-state index is 0.562. The number of halogens is 1. The maximum absolute atomic E-state index is 6.07. The Kier molecular flexibility index (Phi) is 2.43. The van der Waals surface area contributed by atoms with Gasteiger partial charge < -0.3 is 0 Å². The van der Waals surface area contributed by atoms with Gasteiger partial charge in [0.25, 0.3) is 0 Å². The zero-order valence-electron chi connectivity index (χ0n) is 9.43. The summed E-state index contributed by atoms with van der Waals surface area (Å²) in [5, 5.41) is 4.91. The monoisotopic (exact) mass is 223 g/mol. The molecule has 0 spiro atoms. The molecule has 2 heterocycles. The SMILES string of the molecule is CCc1c(C)nc2c(C)c(C)c(Cl)nn12. The quantitative estimate of drug-likeness (QED) is 0.744. The molecule has 2 rings (SSSR count). The van der Waals surface area contributed by atoms with Crippen LogP contribution in [0.5, 0.6) is 0 Å². The minimum Gasteiger partial charge on any atom is -0.232 e. The van der Waals surface area contributed by atoms with Crippen LogP contribution in [0.1, 0.15) is 29.4 Å². The maximum atomic E-state index is 6.07. The highest BCUT2D eigenvalue weighted by Gasteiger charge is 2.13. The smallest absolute Gasteiger partial charge is 0.157 e. The van der Waals surface area contributed by atoms with Gasteiger partial charge in [-0.05, 0) is 38.3 Å². The molecule has 0 saturated heterocycles. The number of hydrogen-bond donors (Lipinski definition) is 0. The van der Waals surface area contributed by atoms with E-state index in [2.05, 4.69) is 17.0 Å². The Morgan fingerprint density at radius 2 is 1.87 bits per heavy atom. The van der Waals surface area contributed by atoms with Crippen molar-refractivity contribution >= 4 is 17.2 Å². The van der Waals surface area contributed by atoms with Crippen LogP contribution in [-0.2, 0) is 6.42 Å². The third-order valence-electron chi connectivity index (χ3n) is 2.88. The number of aryl methyl sites for hydroxylation is 3. The molecular weight excluding hydrogens is 210 g/mol. The second-order valence-electron chi connectivity index (χ2n) is 3.77. The summed E-state index contributed by atoms with van der Waals surface area (Å²) >= 11 is 6.07. The van der Waals surface area contributed by atoms with E-state index in [0.717, 1.165) is 34.6 Å². The molecule has 2 aromatic heterocycles. The molecule has 0 saturated carbocycles. The van der Waals surface area contributed by atoms with Crippen molar-refractivity contribution in [2.45, 2.75) is 34.1 Å². The molecule has 0 unspecified atom stereocenters. The Balaban J connectivity index is 2.92. The van der Waals surface area contributed by atoms with Crippen LogP contribution in [0.2, 0.25) is 5.15 Å². The normalized spacial score (nSPS) is 11.3. The lowest BCUT2D eigenvalue weighted by molar-refractivity contribution is 0.843. The van der Waals surface area contributed by atoms with Gasteiger partial charge in [-0.25, -0.2) is 9.50 Å². The zero-order valence-corrected chi connectivity index (χ0v) is 10.2. The van der Waals surface area contributed by atoms with E-state index >= 15 is 0 Å². The molecule has 0 aliphatic carbocycles. The van der Waals surface area contributed by atoms with E-state index in [1.54, 1.807) is 0 Å². The fourth-order valence-corrected chi connectivity index (χ4v) is 2.01. The molecule has 4 heteroatoms. The van der Waals surface area contributed by atoms with Crippen molar-refractivity contribution < 1.29 is 0 Å². The standard InChI is InChI=1S/C11H14ClN3/c1-5-9-8(4)13-11-7(3)6(2)10(12)14-15(9)11/h5H2,1-4H3. The lowest BCUT2D eigenvalue weighted by Gasteiger charge is -2.05. The van der Waals surface area contributed by atoms with Crippen LogP contribution in [-0.4, -0.2) is 14.6 Å². The average Bonchev–Trinajstić information content (AvgIpc) is 2.51. The first kappa shape index (κ1) is 10.4. The molecule has 80 valence electrons. The van der Waals surface area contributed by atoms with Gasteiger partial charge in [-0.2, -0.15) is 5.10 Å². The second kappa shape index (κ2) is 3.49. The molecule has 0 radical (unpaired) electrons. The van der Waals surface area contributed by atoms with Crippen LogP contribution in [0.15, 0.2) is 0 Å². The molecule has 0 bridgehead atoms. The van der Waals surface area contributed by atoms with Gasteiger partial charge in [-0.1, -0.05) is 18.5 Å². The van der Waals surface area contributed by atoms with Crippen LogP contribution in [0.3, 0.4) is 0 Å². The number of imidazole rings is 1. The Bertz CT molecular complexity index is 528. The van der Waals surface area contributed by atoms with E-state index in [0.29, 0.717) is 5.15 Å². The van der Waals surface area contributed by atoms with Gasteiger partial charge in [0.05, 0.1) is 11.4 Å². The summed E-state index contributed by atoms with van der Waals surface area (Å²) in [5.41, 5.74) is 5.21. The van der Waals surface area contributed by atoms with E-state index < -0.39 is 0 Å². The number of rotatable bonds is 1. The first-order chi connectivity index (χ1) is 7.06. The van der Waals surface area contributed by atoms with Crippen molar-refractivity contribution in [2.75, 3.05) is 0 Å². The van der Waals surface area contributed by atoms with Gasteiger partial charge in [0.1, 0.15) is 0 Å². The largest absolute Gasteiger partial charge is 0.232 e. The Morgan fingerprint density at radius 1 is 1.20 bits per heavy atom. The van der Waals surface area contributed by atoms with Crippen molar-refractivity contribution in [2.24, 2.45) is 0 Å². The minimum absolute atomic E-state index is 0.562. The first-order valence-electron chi connectivity index (χ1n) is 5.07. The Hall–Kier alpha value is -1.09. The summed E-state index contributed by atoms with van der Waals surface area (Å²) in [4.78, 5) is 4.53. The lowest BCUT2D eigenvalue weighted by Crippen LogP contribution is -2.01. The third-order valence-corrected chi connectivity index (χ3v) is 3.24. The summed E-state index contributed by atoms with van der Waals surface area (Å²) in [7, 11) is 0. The lowest BCUT2D eigenvalue weighted by atomic mass is 10.2. The maximum Gasteiger partial charge on any atom is 0.157 e. The van der Waals surface area contributed by atoms with Gasteiger partial charge in [0.2, 0.25) is 0 Å². The van der Waals surface area contributed by atoms with Crippen molar-refractivity contribution in [3.63, 3.8) is 0 Å². The van der Waals surface area contributed by atoms with E-state index in [1.165, 1.54) is 0 Å². The summed E-state index contributed by atoms with van der Waals surface area (Å²) in [5.74, 6) is 0. The van der Waals surface area contributed by atoms with Gasteiger partial charge in [-0.15, -0.1) is 0 Å². The number of aromatic nitrogens is 3. The fraction of sp³-hybridized carbons (Fsp3) is 0.455. The predicted molar refractivity (Wildman–Crippen MR) is 61.6 cm³/mol. The molecule has 3 nitrogen and oxygen atoms in total. The van der Waals surface area contributed by atoms with Gasteiger partial charge >= 0.3 is 0 Å². The van der Waals surface area contributed by atoms with E-state index in [9.17, 15) is 0 Å². The Morgan fingerprint density at radius 3 is 2.47 bits per heavy atom. The van der Waals surface area contributed by atoms with E-state index in [1.807, 2.05) is 25.3 Å². The molecule has 0 fully saturated rings. The van der Waals surface area contributed by atoms with E-state index in [4.69, 9.17) is 11.6 Å². The fourth-order valence-electron chi connectivity index (χ4n) is 1.79.